The Morgan fingerprint density at radius 3 is 2.56 bits per heavy atom. The van der Waals surface area contributed by atoms with E-state index < -0.39 is 0 Å². The van der Waals surface area contributed by atoms with Crippen LogP contribution in [0, 0.1) is 6.92 Å². The van der Waals surface area contributed by atoms with Gasteiger partial charge in [-0.25, -0.2) is 0 Å². The minimum absolute atomic E-state index is 0.100. The van der Waals surface area contributed by atoms with Crippen LogP contribution >= 0.6 is 11.3 Å². The normalized spacial score (nSPS) is 10.9. The average molecular weight is 374 g/mol. The van der Waals surface area contributed by atoms with Crippen LogP contribution in [-0.2, 0) is 6.54 Å². The van der Waals surface area contributed by atoms with Crippen LogP contribution in [0.2, 0.25) is 0 Å². The highest BCUT2D eigenvalue weighted by Gasteiger charge is 2.08. The first kappa shape index (κ1) is 17.3. The van der Waals surface area contributed by atoms with Crippen LogP contribution in [0.4, 0.5) is 0 Å². The standard InChI is InChI=1S/C21H18N4OS/c1-14-6-7-19(23-22-14)17-4-3-5-18(11-17)20-8-9-25(24-20)12-16-10-21(15(2)26)27-13-16/h3-11,13H,12H2,1-2H3. The van der Waals surface area contributed by atoms with E-state index in [2.05, 4.69) is 21.4 Å². The maximum atomic E-state index is 11.4. The lowest BCUT2D eigenvalue weighted by Gasteiger charge is -2.03. The predicted molar refractivity (Wildman–Crippen MR) is 107 cm³/mol. The molecular weight excluding hydrogens is 356 g/mol. The van der Waals surface area contributed by atoms with E-state index in [0.29, 0.717) is 6.54 Å². The molecule has 0 unspecified atom stereocenters. The van der Waals surface area contributed by atoms with Gasteiger partial charge in [0, 0.05) is 17.3 Å². The molecule has 0 fully saturated rings. The van der Waals surface area contributed by atoms with Crippen molar-refractivity contribution < 1.29 is 4.79 Å². The molecule has 0 spiro atoms. The average Bonchev–Trinajstić information content (AvgIpc) is 3.33. The third-order valence-corrected chi connectivity index (χ3v) is 5.32. The molecule has 0 saturated carbocycles. The van der Waals surface area contributed by atoms with Gasteiger partial charge in [-0.15, -0.1) is 11.3 Å². The molecule has 1 aromatic carbocycles. The fourth-order valence-electron chi connectivity index (χ4n) is 2.82. The van der Waals surface area contributed by atoms with Crippen molar-refractivity contribution in [1.29, 1.82) is 0 Å². The van der Waals surface area contributed by atoms with Crippen molar-refractivity contribution in [3.05, 3.63) is 76.2 Å². The molecular formula is C21H18N4OS. The molecule has 5 nitrogen and oxygen atoms in total. The van der Waals surface area contributed by atoms with E-state index in [9.17, 15) is 4.79 Å². The van der Waals surface area contributed by atoms with Crippen molar-refractivity contribution in [2.75, 3.05) is 0 Å². The molecule has 0 radical (unpaired) electrons. The predicted octanol–water partition coefficient (Wildman–Crippen LogP) is 4.63. The van der Waals surface area contributed by atoms with Gasteiger partial charge in [-0.1, -0.05) is 18.2 Å². The lowest BCUT2D eigenvalue weighted by atomic mass is 10.1. The summed E-state index contributed by atoms with van der Waals surface area (Å²) in [6.45, 7) is 4.16. The molecule has 0 aliphatic heterocycles. The van der Waals surface area contributed by atoms with Crippen molar-refractivity contribution in [2.24, 2.45) is 0 Å². The molecule has 0 aliphatic carbocycles. The van der Waals surface area contributed by atoms with Gasteiger partial charge >= 0.3 is 0 Å². The van der Waals surface area contributed by atoms with Gasteiger partial charge < -0.3 is 0 Å². The van der Waals surface area contributed by atoms with Crippen LogP contribution in [0.1, 0.15) is 27.9 Å². The molecule has 0 bridgehead atoms. The Labute approximate surface area is 161 Å². The number of ketones is 1. The van der Waals surface area contributed by atoms with Gasteiger partial charge in [-0.2, -0.15) is 15.3 Å². The number of benzene rings is 1. The van der Waals surface area contributed by atoms with E-state index in [1.807, 2.05) is 65.6 Å². The van der Waals surface area contributed by atoms with Crippen LogP contribution in [0.25, 0.3) is 22.5 Å². The molecule has 0 aliphatic rings. The second-order valence-corrected chi connectivity index (χ2v) is 7.33. The highest BCUT2D eigenvalue weighted by Crippen LogP contribution is 2.24. The zero-order chi connectivity index (χ0) is 18.8. The molecule has 6 heteroatoms. The van der Waals surface area contributed by atoms with E-state index in [1.165, 1.54) is 11.3 Å². The van der Waals surface area contributed by atoms with E-state index in [1.54, 1.807) is 6.92 Å². The fraction of sp³-hybridized carbons (Fsp3) is 0.143. The largest absolute Gasteiger partial charge is 0.294 e. The Balaban J connectivity index is 1.56. The first-order valence-electron chi connectivity index (χ1n) is 8.61. The summed E-state index contributed by atoms with van der Waals surface area (Å²) in [5.41, 5.74) is 5.77. The molecule has 4 aromatic rings. The summed E-state index contributed by atoms with van der Waals surface area (Å²) in [6.07, 6.45) is 1.96. The summed E-state index contributed by atoms with van der Waals surface area (Å²) in [5.74, 6) is 0.100. The Morgan fingerprint density at radius 2 is 1.85 bits per heavy atom. The Kier molecular flexibility index (Phi) is 4.64. The van der Waals surface area contributed by atoms with Gasteiger partial charge in [0.25, 0.3) is 0 Å². The maximum Gasteiger partial charge on any atom is 0.169 e. The zero-order valence-corrected chi connectivity index (χ0v) is 15.9. The highest BCUT2D eigenvalue weighted by molar-refractivity contribution is 7.12. The molecule has 3 aromatic heterocycles. The molecule has 0 atom stereocenters. The van der Waals surface area contributed by atoms with Crippen molar-refractivity contribution in [3.63, 3.8) is 0 Å². The van der Waals surface area contributed by atoms with Crippen LogP contribution in [0.5, 0.6) is 0 Å². The lowest BCUT2D eigenvalue weighted by molar-refractivity contribution is 0.102. The van der Waals surface area contributed by atoms with Gasteiger partial charge in [-0.3, -0.25) is 9.48 Å². The van der Waals surface area contributed by atoms with Gasteiger partial charge in [-0.05, 0) is 55.1 Å². The molecule has 0 N–H and O–H groups in total. The maximum absolute atomic E-state index is 11.4. The van der Waals surface area contributed by atoms with Crippen LogP contribution in [0.3, 0.4) is 0 Å². The monoisotopic (exact) mass is 374 g/mol. The van der Waals surface area contributed by atoms with Crippen molar-refractivity contribution >= 4 is 17.1 Å². The topological polar surface area (TPSA) is 60.7 Å². The van der Waals surface area contributed by atoms with Crippen LogP contribution < -0.4 is 0 Å². The summed E-state index contributed by atoms with van der Waals surface area (Å²) in [7, 11) is 0. The number of carbonyl (C=O) groups excluding carboxylic acids is 1. The van der Waals surface area contributed by atoms with Crippen LogP contribution in [-0.4, -0.2) is 25.8 Å². The number of carbonyl (C=O) groups is 1. The molecule has 3 heterocycles. The Bertz CT molecular complexity index is 1100. The lowest BCUT2D eigenvalue weighted by Crippen LogP contribution is -1.99. The third-order valence-electron chi connectivity index (χ3n) is 4.24. The van der Waals surface area contributed by atoms with Crippen molar-refractivity contribution in [3.8, 4) is 22.5 Å². The van der Waals surface area contributed by atoms with Gasteiger partial charge in [0.1, 0.15) is 0 Å². The van der Waals surface area contributed by atoms with E-state index in [-0.39, 0.29) is 5.78 Å². The van der Waals surface area contributed by atoms with E-state index >= 15 is 0 Å². The van der Waals surface area contributed by atoms with Gasteiger partial charge in [0.15, 0.2) is 5.78 Å². The van der Waals surface area contributed by atoms with E-state index in [4.69, 9.17) is 0 Å². The number of rotatable bonds is 5. The first-order valence-corrected chi connectivity index (χ1v) is 9.49. The number of thiophene rings is 1. The van der Waals surface area contributed by atoms with Crippen LogP contribution in [0.15, 0.2) is 60.1 Å². The number of Topliss-reactive ketones (excluding diaryl/α,β-unsaturated/α-hetero) is 1. The number of aromatic nitrogens is 4. The SMILES string of the molecule is CC(=O)c1cc(Cn2ccc(-c3cccc(-c4ccc(C)nn4)c3)n2)cs1. The van der Waals surface area contributed by atoms with E-state index in [0.717, 1.165) is 38.6 Å². The zero-order valence-electron chi connectivity index (χ0n) is 15.1. The number of hydrogen-bond acceptors (Lipinski definition) is 5. The molecule has 134 valence electrons. The number of nitrogens with zero attached hydrogens (tertiary/aromatic N) is 4. The minimum atomic E-state index is 0.100. The summed E-state index contributed by atoms with van der Waals surface area (Å²) in [6, 6.07) is 16.0. The summed E-state index contributed by atoms with van der Waals surface area (Å²) < 4.78 is 1.89. The van der Waals surface area contributed by atoms with Crippen molar-refractivity contribution in [1.82, 2.24) is 20.0 Å². The summed E-state index contributed by atoms with van der Waals surface area (Å²) in [4.78, 5) is 12.2. The quantitative estimate of drug-likeness (QED) is 0.478. The smallest absolute Gasteiger partial charge is 0.169 e. The van der Waals surface area contributed by atoms with Crippen molar-refractivity contribution in [2.45, 2.75) is 20.4 Å². The second-order valence-electron chi connectivity index (χ2n) is 6.41. The highest BCUT2D eigenvalue weighted by atomic mass is 32.1. The second kappa shape index (κ2) is 7.25. The Hall–Kier alpha value is -3.12. The molecule has 4 rings (SSSR count). The first-order chi connectivity index (χ1) is 13.1. The summed E-state index contributed by atoms with van der Waals surface area (Å²) in [5, 5.41) is 15.1. The molecule has 27 heavy (non-hydrogen) atoms. The Morgan fingerprint density at radius 1 is 1.04 bits per heavy atom. The summed E-state index contributed by atoms with van der Waals surface area (Å²) >= 11 is 1.48. The third kappa shape index (κ3) is 3.85. The fourth-order valence-corrected chi connectivity index (χ4v) is 3.63. The van der Waals surface area contributed by atoms with Gasteiger partial charge in [0.05, 0.1) is 28.5 Å². The van der Waals surface area contributed by atoms with Gasteiger partial charge in [0.2, 0.25) is 0 Å². The number of aryl methyl sites for hydroxylation is 1. The minimum Gasteiger partial charge on any atom is -0.294 e. The number of hydrogen-bond donors (Lipinski definition) is 0. The molecule has 0 saturated heterocycles. The molecule has 0 amide bonds.